The molecule has 1 atom stereocenters. The first-order valence-corrected chi connectivity index (χ1v) is 8.74. The summed E-state index contributed by atoms with van der Waals surface area (Å²) in [6.45, 7) is 12.4. The molecule has 1 saturated heterocycles. The van der Waals surface area contributed by atoms with E-state index >= 15 is 0 Å². The third-order valence-electron chi connectivity index (χ3n) is 3.24. The van der Waals surface area contributed by atoms with E-state index in [2.05, 4.69) is 32.3 Å². The van der Waals surface area contributed by atoms with Crippen LogP contribution < -0.4 is 0 Å². The fraction of sp³-hybridized carbons (Fsp3) is 0.800. The Hall–Kier alpha value is 0.0218. The van der Waals surface area contributed by atoms with Gasteiger partial charge in [0.15, 0.2) is 0 Å². The minimum atomic E-state index is -0.872. The van der Waals surface area contributed by atoms with Gasteiger partial charge in [-0.1, -0.05) is 56.6 Å². The van der Waals surface area contributed by atoms with Gasteiger partial charge in [0.1, 0.15) is 6.71 Å². The minimum Gasteiger partial charge on any atom is -0.104 e. The molecule has 1 aliphatic rings. The average Bonchev–Trinajstić information content (AvgIpc) is 2.34. The second-order valence-corrected chi connectivity index (χ2v) is 10.7. The maximum atomic E-state index is 3.86. The van der Waals surface area contributed by atoms with Crippen LogP contribution in [0.2, 0.25) is 37.7 Å². The second kappa shape index (κ2) is 3.82. The lowest BCUT2D eigenvalue weighted by atomic mass is 9.45. The first kappa shape index (κ1) is 10.1. The van der Waals surface area contributed by atoms with Crippen LogP contribution in [0.15, 0.2) is 12.7 Å². The Morgan fingerprint density at radius 2 is 2.17 bits per heavy atom. The van der Waals surface area contributed by atoms with E-state index in [1.54, 1.807) is 0 Å². The van der Waals surface area contributed by atoms with Gasteiger partial charge < -0.3 is 0 Å². The Morgan fingerprint density at radius 1 is 1.50 bits per heavy atom. The molecular weight excluding hydrogens is 159 g/mol. The van der Waals surface area contributed by atoms with Crippen molar-refractivity contribution in [3.63, 3.8) is 0 Å². The molecule has 0 unspecified atom stereocenters. The normalized spacial score (nSPS) is 24.6. The third kappa shape index (κ3) is 2.25. The number of allylic oxidation sites excluding steroid dienone is 1. The highest BCUT2D eigenvalue weighted by molar-refractivity contribution is 6.90. The van der Waals surface area contributed by atoms with Crippen molar-refractivity contribution >= 4 is 14.8 Å². The largest absolute Gasteiger partial charge is 0.144 e. The van der Waals surface area contributed by atoms with Crippen molar-refractivity contribution in [3.8, 4) is 0 Å². The van der Waals surface area contributed by atoms with Crippen molar-refractivity contribution in [3.05, 3.63) is 12.7 Å². The fourth-order valence-corrected chi connectivity index (χ4v) is 5.46. The summed E-state index contributed by atoms with van der Waals surface area (Å²) in [5, 5.41) is 0. The zero-order valence-corrected chi connectivity index (χ0v) is 9.77. The van der Waals surface area contributed by atoms with Gasteiger partial charge in [-0.25, -0.2) is 0 Å². The highest BCUT2D eigenvalue weighted by Gasteiger charge is 2.38. The highest BCUT2D eigenvalue weighted by atomic mass is 28.3. The molecule has 0 aliphatic carbocycles. The smallest absolute Gasteiger partial charge is 0.104 e. The molecular formula is C10H21BSi. The summed E-state index contributed by atoms with van der Waals surface area (Å²) in [5.74, 6) is 0. The third-order valence-corrected chi connectivity index (χ3v) is 6.23. The molecule has 0 aromatic heterocycles. The molecule has 12 heavy (non-hydrogen) atoms. The quantitative estimate of drug-likeness (QED) is 0.458. The fourth-order valence-electron chi connectivity index (χ4n) is 2.67. The molecule has 0 aromatic rings. The monoisotopic (exact) mass is 180 g/mol. The van der Waals surface area contributed by atoms with Crippen LogP contribution in [0.3, 0.4) is 0 Å². The van der Waals surface area contributed by atoms with Crippen LogP contribution >= 0.6 is 0 Å². The lowest BCUT2D eigenvalue weighted by Crippen LogP contribution is -2.35. The Labute approximate surface area is 78.5 Å². The molecule has 1 heterocycles. The lowest BCUT2D eigenvalue weighted by molar-refractivity contribution is 0.887. The van der Waals surface area contributed by atoms with Gasteiger partial charge >= 0.3 is 0 Å². The van der Waals surface area contributed by atoms with Crippen molar-refractivity contribution in [2.45, 2.75) is 50.6 Å². The molecule has 1 aliphatic heterocycles. The molecule has 2 heteroatoms. The Bertz CT molecular complexity index is 160. The molecule has 0 N–H and O–H groups in total. The molecule has 0 radical (unpaired) electrons. The van der Waals surface area contributed by atoms with Gasteiger partial charge in [-0.3, -0.25) is 0 Å². The summed E-state index contributed by atoms with van der Waals surface area (Å²) in [5.41, 5.74) is 1.07. The van der Waals surface area contributed by atoms with Crippen LogP contribution in [-0.4, -0.2) is 14.8 Å². The number of hydrogen-bond donors (Lipinski definition) is 0. The summed E-state index contributed by atoms with van der Waals surface area (Å²) in [6.07, 6.45) is 7.79. The second-order valence-electron chi connectivity index (χ2n) is 5.19. The first-order chi connectivity index (χ1) is 5.55. The van der Waals surface area contributed by atoms with Crippen LogP contribution in [0.5, 0.6) is 0 Å². The van der Waals surface area contributed by atoms with Crippen LogP contribution in [-0.2, 0) is 0 Å². The first-order valence-electron chi connectivity index (χ1n) is 5.16. The predicted molar refractivity (Wildman–Crippen MR) is 61.9 cm³/mol. The van der Waals surface area contributed by atoms with E-state index in [0.29, 0.717) is 0 Å². The summed E-state index contributed by atoms with van der Waals surface area (Å²) in [6, 6.07) is 0. The molecule has 0 nitrogen and oxygen atoms in total. The van der Waals surface area contributed by atoms with E-state index in [0.717, 1.165) is 12.2 Å². The lowest BCUT2D eigenvalue weighted by Gasteiger charge is -2.28. The van der Waals surface area contributed by atoms with Crippen LogP contribution in [0.4, 0.5) is 0 Å². The molecule has 1 rings (SSSR count). The molecule has 0 aromatic carbocycles. The molecule has 1 fully saturated rings. The molecule has 68 valence electrons. The summed E-state index contributed by atoms with van der Waals surface area (Å²) in [7, 11) is -0.872. The topological polar surface area (TPSA) is 0 Å². The van der Waals surface area contributed by atoms with Crippen LogP contribution in [0.1, 0.15) is 12.8 Å². The Balaban J connectivity index is 2.57. The molecule has 0 spiro atoms. The van der Waals surface area contributed by atoms with E-state index in [1.165, 1.54) is 25.5 Å². The van der Waals surface area contributed by atoms with E-state index in [9.17, 15) is 0 Å². The number of rotatable bonds is 3. The maximum Gasteiger partial charge on any atom is 0.144 e. The standard InChI is InChI=1S/C10H21BSi/c1-5-8-11-9-6-7-10(11)12(2,3)4/h5,10H,1,6-9H2,2-4H3/t10-/m0/s1. The van der Waals surface area contributed by atoms with Crippen molar-refractivity contribution in [2.24, 2.45) is 0 Å². The molecule has 0 bridgehead atoms. The van der Waals surface area contributed by atoms with Crippen molar-refractivity contribution in [2.75, 3.05) is 0 Å². The minimum absolute atomic E-state index is 0.872. The summed E-state index contributed by atoms with van der Waals surface area (Å²) >= 11 is 0. The van der Waals surface area contributed by atoms with Crippen LogP contribution in [0, 0.1) is 0 Å². The van der Waals surface area contributed by atoms with E-state index in [4.69, 9.17) is 0 Å². The number of hydrogen-bond acceptors (Lipinski definition) is 0. The van der Waals surface area contributed by atoms with Gasteiger partial charge in [0.05, 0.1) is 0 Å². The Kier molecular flexibility index (Phi) is 3.22. The van der Waals surface area contributed by atoms with Gasteiger partial charge in [0.2, 0.25) is 0 Å². The highest BCUT2D eigenvalue weighted by Crippen LogP contribution is 2.39. The maximum absolute atomic E-state index is 3.86. The van der Waals surface area contributed by atoms with Gasteiger partial charge in [-0.2, -0.15) is 0 Å². The van der Waals surface area contributed by atoms with Crippen molar-refractivity contribution < 1.29 is 0 Å². The SMILES string of the molecule is C=CCB1CCC[C@@H]1[Si](C)(C)C. The van der Waals surface area contributed by atoms with Gasteiger partial charge in [0, 0.05) is 8.07 Å². The average molecular weight is 180 g/mol. The van der Waals surface area contributed by atoms with Crippen molar-refractivity contribution in [1.29, 1.82) is 0 Å². The summed E-state index contributed by atoms with van der Waals surface area (Å²) in [4.78, 5) is 0. The predicted octanol–water partition coefficient (Wildman–Crippen LogP) is 3.71. The molecule has 0 amide bonds. The van der Waals surface area contributed by atoms with Gasteiger partial charge in [0.25, 0.3) is 0 Å². The van der Waals surface area contributed by atoms with E-state index in [-0.39, 0.29) is 0 Å². The zero-order chi connectivity index (χ0) is 9.19. The van der Waals surface area contributed by atoms with Gasteiger partial charge in [-0.15, -0.1) is 6.58 Å². The van der Waals surface area contributed by atoms with Crippen LogP contribution in [0.25, 0.3) is 0 Å². The van der Waals surface area contributed by atoms with Gasteiger partial charge in [-0.05, 0) is 0 Å². The van der Waals surface area contributed by atoms with Crippen molar-refractivity contribution in [1.82, 2.24) is 0 Å². The Morgan fingerprint density at radius 3 is 2.67 bits per heavy atom. The van der Waals surface area contributed by atoms with E-state index in [1.807, 2.05) is 0 Å². The molecule has 0 saturated carbocycles. The zero-order valence-electron chi connectivity index (χ0n) is 8.77. The summed E-state index contributed by atoms with van der Waals surface area (Å²) < 4.78 is 0. The van der Waals surface area contributed by atoms with E-state index < -0.39 is 8.07 Å².